The van der Waals surface area contributed by atoms with Gasteiger partial charge in [-0.2, -0.15) is 0 Å². The van der Waals surface area contributed by atoms with Gasteiger partial charge in [0.1, 0.15) is 11.5 Å². The second-order valence-corrected chi connectivity index (χ2v) is 7.56. The molecule has 1 saturated heterocycles. The van der Waals surface area contributed by atoms with Crippen molar-refractivity contribution in [3.8, 4) is 0 Å². The van der Waals surface area contributed by atoms with E-state index in [2.05, 4.69) is 4.90 Å². The number of hydrogen-bond acceptors (Lipinski definition) is 5. The van der Waals surface area contributed by atoms with Crippen LogP contribution in [0.5, 0.6) is 0 Å². The van der Waals surface area contributed by atoms with Gasteiger partial charge in [0.15, 0.2) is 0 Å². The molecule has 0 saturated carbocycles. The van der Waals surface area contributed by atoms with E-state index in [9.17, 15) is 19.6 Å². The maximum Gasteiger partial charge on any atom is 0.292 e. The molecule has 0 amide bonds. The molecule has 1 aliphatic heterocycles. The van der Waals surface area contributed by atoms with E-state index in [0.29, 0.717) is 37.1 Å². The second-order valence-electron chi connectivity index (χ2n) is 7.56. The summed E-state index contributed by atoms with van der Waals surface area (Å²) in [5.41, 5.74) is 1.52. The molecule has 156 valence electrons. The van der Waals surface area contributed by atoms with Gasteiger partial charge in [0, 0.05) is 44.2 Å². The molecule has 0 radical (unpaired) electrons. The summed E-state index contributed by atoms with van der Waals surface area (Å²) in [5, 5.41) is 23.3. The highest BCUT2D eigenvalue weighted by Crippen LogP contribution is 2.30. The van der Waals surface area contributed by atoms with E-state index in [0.717, 1.165) is 24.0 Å². The molecule has 7 heteroatoms. The quantitative estimate of drug-likeness (QED) is 0.490. The molecule has 1 aliphatic rings. The Morgan fingerprint density at radius 3 is 2.37 bits per heavy atom. The number of piperazine rings is 1. The van der Waals surface area contributed by atoms with Crippen molar-refractivity contribution in [2.45, 2.75) is 12.5 Å². The van der Waals surface area contributed by atoms with E-state index in [-0.39, 0.29) is 16.4 Å². The number of halogens is 1. The molecule has 0 aliphatic carbocycles. The molecule has 4 rings (SSSR count). The van der Waals surface area contributed by atoms with Crippen molar-refractivity contribution in [1.82, 2.24) is 4.90 Å². The maximum absolute atomic E-state index is 14.0. The van der Waals surface area contributed by atoms with Gasteiger partial charge < -0.3 is 10.0 Å². The molecule has 1 atom stereocenters. The molecule has 30 heavy (non-hydrogen) atoms. The van der Waals surface area contributed by atoms with E-state index < -0.39 is 6.10 Å². The summed E-state index contributed by atoms with van der Waals surface area (Å²) >= 11 is 0. The predicted molar refractivity (Wildman–Crippen MR) is 115 cm³/mol. The van der Waals surface area contributed by atoms with Crippen LogP contribution in [-0.2, 0) is 0 Å². The lowest BCUT2D eigenvalue weighted by molar-refractivity contribution is -0.384. The topological polar surface area (TPSA) is 69.9 Å². The van der Waals surface area contributed by atoms with Crippen LogP contribution in [0.1, 0.15) is 18.1 Å². The summed E-state index contributed by atoms with van der Waals surface area (Å²) in [6, 6.07) is 17.1. The zero-order valence-electron chi connectivity index (χ0n) is 16.6. The average Bonchev–Trinajstić information content (AvgIpc) is 2.78. The van der Waals surface area contributed by atoms with Gasteiger partial charge in [0.25, 0.3) is 5.69 Å². The Morgan fingerprint density at radius 1 is 0.967 bits per heavy atom. The number of nitro groups is 1. The molecule has 1 unspecified atom stereocenters. The predicted octanol–water partition coefficient (Wildman–Crippen LogP) is 4.13. The third-order valence-electron chi connectivity index (χ3n) is 5.77. The molecular weight excluding hydrogens is 385 g/mol. The van der Waals surface area contributed by atoms with Crippen LogP contribution in [0.2, 0.25) is 0 Å². The smallest absolute Gasteiger partial charge is 0.292 e. The van der Waals surface area contributed by atoms with Gasteiger partial charge in [-0.25, -0.2) is 4.39 Å². The van der Waals surface area contributed by atoms with Crippen molar-refractivity contribution < 1.29 is 14.4 Å². The number of rotatable bonds is 6. The summed E-state index contributed by atoms with van der Waals surface area (Å²) in [7, 11) is 0. The maximum atomic E-state index is 14.0. The first-order valence-electron chi connectivity index (χ1n) is 10.1. The van der Waals surface area contributed by atoms with Gasteiger partial charge >= 0.3 is 0 Å². The minimum absolute atomic E-state index is 0.129. The zero-order chi connectivity index (χ0) is 21.1. The number of hydrogen-bond donors (Lipinski definition) is 1. The number of anilines is 1. The normalized spacial score (nSPS) is 16.0. The van der Waals surface area contributed by atoms with Gasteiger partial charge in [-0.15, -0.1) is 0 Å². The lowest BCUT2D eigenvalue weighted by Gasteiger charge is -2.36. The minimum atomic E-state index is -0.677. The molecule has 0 aromatic heterocycles. The Morgan fingerprint density at radius 2 is 1.63 bits per heavy atom. The van der Waals surface area contributed by atoms with Crippen molar-refractivity contribution in [1.29, 1.82) is 0 Å². The summed E-state index contributed by atoms with van der Waals surface area (Å²) in [4.78, 5) is 15.2. The first kappa shape index (κ1) is 20.3. The van der Waals surface area contributed by atoms with Crippen LogP contribution in [0.4, 0.5) is 15.8 Å². The van der Waals surface area contributed by atoms with Crippen molar-refractivity contribution in [2.24, 2.45) is 0 Å². The van der Waals surface area contributed by atoms with Gasteiger partial charge in [-0.05, 0) is 29.5 Å². The van der Waals surface area contributed by atoms with Crippen LogP contribution in [-0.4, -0.2) is 47.7 Å². The molecule has 1 heterocycles. The molecule has 0 bridgehead atoms. The van der Waals surface area contributed by atoms with Crippen molar-refractivity contribution in [3.05, 3.63) is 82.2 Å². The molecule has 6 nitrogen and oxygen atoms in total. The van der Waals surface area contributed by atoms with Crippen LogP contribution < -0.4 is 4.90 Å². The van der Waals surface area contributed by atoms with Crippen molar-refractivity contribution in [3.63, 3.8) is 0 Å². The number of nitrogens with zero attached hydrogens (tertiary/aromatic N) is 3. The van der Waals surface area contributed by atoms with Gasteiger partial charge in [-0.1, -0.05) is 42.5 Å². The molecule has 0 spiro atoms. The van der Waals surface area contributed by atoms with Crippen LogP contribution in [0.25, 0.3) is 10.8 Å². The molecule has 1 N–H and O–H groups in total. The Bertz CT molecular complexity index is 1050. The second kappa shape index (κ2) is 8.77. The molecular formula is C23H24FN3O3. The average molecular weight is 409 g/mol. The third kappa shape index (κ3) is 4.13. The van der Waals surface area contributed by atoms with Crippen LogP contribution >= 0.6 is 0 Å². The molecule has 3 aromatic carbocycles. The van der Waals surface area contributed by atoms with Crippen molar-refractivity contribution >= 4 is 22.1 Å². The number of nitro benzene ring substituents is 1. The van der Waals surface area contributed by atoms with Crippen LogP contribution in [0.3, 0.4) is 0 Å². The number of fused-ring (bicyclic) bond motifs is 1. The van der Waals surface area contributed by atoms with Gasteiger partial charge in [0.2, 0.25) is 0 Å². The first-order valence-corrected chi connectivity index (χ1v) is 10.1. The molecule has 1 fully saturated rings. The van der Waals surface area contributed by atoms with E-state index in [4.69, 9.17) is 0 Å². The van der Waals surface area contributed by atoms with E-state index in [1.54, 1.807) is 30.3 Å². The number of para-hydroxylation sites is 2. The highest BCUT2D eigenvalue weighted by atomic mass is 19.1. The fourth-order valence-corrected chi connectivity index (χ4v) is 4.13. The van der Waals surface area contributed by atoms with E-state index in [1.165, 1.54) is 12.1 Å². The third-order valence-corrected chi connectivity index (χ3v) is 5.77. The lowest BCUT2D eigenvalue weighted by Crippen LogP contribution is -2.47. The fourth-order valence-electron chi connectivity index (χ4n) is 4.13. The first-order chi connectivity index (χ1) is 14.5. The van der Waals surface area contributed by atoms with Crippen LogP contribution in [0, 0.1) is 15.9 Å². The summed E-state index contributed by atoms with van der Waals surface area (Å²) in [6.07, 6.45) is -0.134. The SMILES string of the molecule is O=[N+]([O-])c1ccccc1N1CCN(CCC(O)c2ccc(F)c3ccccc23)CC1. The van der Waals surface area contributed by atoms with Gasteiger partial charge in [0.05, 0.1) is 11.0 Å². The fraction of sp³-hybridized carbons (Fsp3) is 0.304. The van der Waals surface area contributed by atoms with Gasteiger partial charge in [-0.3, -0.25) is 15.0 Å². The molecule has 3 aromatic rings. The van der Waals surface area contributed by atoms with E-state index >= 15 is 0 Å². The summed E-state index contributed by atoms with van der Waals surface area (Å²) < 4.78 is 14.0. The van der Waals surface area contributed by atoms with Crippen LogP contribution in [0.15, 0.2) is 60.7 Å². The lowest BCUT2D eigenvalue weighted by atomic mass is 9.98. The minimum Gasteiger partial charge on any atom is -0.388 e. The Balaban J connectivity index is 1.37. The largest absolute Gasteiger partial charge is 0.388 e. The Kier molecular flexibility index (Phi) is 5.92. The summed E-state index contributed by atoms with van der Waals surface area (Å²) in [5.74, 6) is -0.285. The standard InChI is InChI=1S/C23H24FN3O3/c24-20-10-9-19(17-5-1-2-6-18(17)20)23(28)11-12-25-13-15-26(16-14-25)21-7-3-4-8-22(21)27(29)30/h1-10,23,28H,11-16H2. The number of aliphatic hydroxyl groups is 1. The van der Waals surface area contributed by atoms with E-state index in [1.807, 2.05) is 23.1 Å². The highest BCUT2D eigenvalue weighted by Gasteiger charge is 2.23. The summed E-state index contributed by atoms with van der Waals surface area (Å²) in [6.45, 7) is 3.63. The Hall–Kier alpha value is -3.03. The van der Waals surface area contributed by atoms with Crippen molar-refractivity contribution in [2.75, 3.05) is 37.6 Å². The highest BCUT2D eigenvalue weighted by molar-refractivity contribution is 5.86. The Labute approximate surface area is 174 Å². The number of aliphatic hydroxyl groups excluding tert-OH is 1. The zero-order valence-corrected chi connectivity index (χ0v) is 16.6. The number of benzene rings is 3. The monoisotopic (exact) mass is 409 g/mol.